The summed E-state index contributed by atoms with van der Waals surface area (Å²) in [4.78, 5) is 14.6. The van der Waals surface area contributed by atoms with E-state index in [0.29, 0.717) is 23.3 Å². The van der Waals surface area contributed by atoms with E-state index in [1.807, 2.05) is 11.0 Å². The molecule has 1 saturated heterocycles. The summed E-state index contributed by atoms with van der Waals surface area (Å²) in [5.41, 5.74) is 7.08. The van der Waals surface area contributed by atoms with Gasteiger partial charge >= 0.3 is 0 Å². The van der Waals surface area contributed by atoms with E-state index >= 15 is 0 Å². The summed E-state index contributed by atoms with van der Waals surface area (Å²) in [6.45, 7) is 4.24. The van der Waals surface area contributed by atoms with Gasteiger partial charge in [0.15, 0.2) is 0 Å². The SMILES string of the molecule is CC1CCCC(C)N1C(=O)c1cc(N)cc(Br)c1. The molecule has 18 heavy (non-hydrogen) atoms. The molecule has 2 atom stereocenters. The van der Waals surface area contributed by atoms with E-state index < -0.39 is 0 Å². The Balaban J connectivity index is 2.29. The lowest BCUT2D eigenvalue weighted by Gasteiger charge is -2.39. The normalized spacial score (nSPS) is 24.1. The molecule has 1 aromatic rings. The number of nitrogens with zero attached hydrogens (tertiary/aromatic N) is 1. The Bertz CT molecular complexity index is 431. The number of piperidine rings is 1. The standard InChI is InChI=1S/C14H19BrN2O/c1-9-4-3-5-10(2)17(9)14(18)11-6-12(15)8-13(16)7-11/h6-10H,3-5,16H2,1-2H3. The van der Waals surface area contributed by atoms with E-state index in [9.17, 15) is 4.79 Å². The number of benzene rings is 1. The highest BCUT2D eigenvalue weighted by molar-refractivity contribution is 9.10. The first-order valence-corrected chi connectivity index (χ1v) is 7.17. The largest absolute Gasteiger partial charge is 0.399 e. The van der Waals surface area contributed by atoms with Crippen LogP contribution < -0.4 is 5.73 Å². The number of hydrogen-bond acceptors (Lipinski definition) is 2. The van der Waals surface area contributed by atoms with Gasteiger partial charge in [0.2, 0.25) is 0 Å². The molecule has 0 spiro atoms. The first kappa shape index (κ1) is 13.4. The Kier molecular flexibility index (Phi) is 3.95. The lowest BCUT2D eigenvalue weighted by molar-refractivity contribution is 0.0511. The quantitative estimate of drug-likeness (QED) is 0.808. The van der Waals surface area contributed by atoms with Gasteiger partial charge in [-0.2, -0.15) is 0 Å². The molecule has 4 heteroatoms. The van der Waals surface area contributed by atoms with Gasteiger partial charge in [0.25, 0.3) is 5.91 Å². The molecule has 2 rings (SSSR count). The third kappa shape index (κ3) is 2.69. The third-order valence-electron chi connectivity index (χ3n) is 3.60. The zero-order chi connectivity index (χ0) is 13.3. The first-order valence-electron chi connectivity index (χ1n) is 6.38. The van der Waals surface area contributed by atoms with E-state index in [1.54, 1.807) is 12.1 Å². The fourth-order valence-corrected chi connectivity index (χ4v) is 3.22. The minimum Gasteiger partial charge on any atom is -0.399 e. The van der Waals surface area contributed by atoms with Crippen molar-refractivity contribution in [3.05, 3.63) is 28.2 Å². The molecule has 98 valence electrons. The number of hydrogen-bond donors (Lipinski definition) is 1. The van der Waals surface area contributed by atoms with Gasteiger partial charge in [-0.15, -0.1) is 0 Å². The molecule has 0 radical (unpaired) electrons. The van der Waals surface area contributed by atoms with Gasteiger partial charge < -0.3 is 10.6 Å². The number of carbonyl (C=O) groups excluding carboxylic acids is 1. The minimum atomic E-state index is 0.0858. The van der Waals surface area contributed by atoms with Crippen molar-refractivity contribution in [2.45, 2.75) is 45.2 Å². The molecule has 1 aliphatic heterocycles. The molecule has 0 aromatic heterocycles. The van der Waals surface area contributed by atoms with Crippen LogP contribution in [0.2, 0.25) is 0 Å². The fourth-order valence-electron chi connectivity index (χ4n) is 2.71. The van der Waals surface area contributed by atoms with Crippen LogP contribution >= 0.6 is 15.9 Å². The van der Waals surface area contributed by atoms with Crippen LogP contribution in [0.15, 0.2) is 22.7 Å². The number of likely N-dealkylation sites (tertiary alicyclic amines) is 1. The highest BCUT2D eigenvalue weighted by Crippen LogP contribution is 2.26. The van der Waals surface area contributed by atoms with Gasteiger partial charge in [-0.3, -0.25) is 4.79 Å². The number of amides is 1. The predicted molar refractivity (Wildman–Crippen MR) is 77.5 cm³/mol. The summed E-state index contributed by atoms with van der Waals surface area (Å²) in [6.07, 6.45) is 3.37. The van der Waals surface area contributed by atoms with Gasteiger partial charge in [-0.25, -0.2) is 0 Å². The van der Waals surface area contributed by atoms with Crippen LogP contribution in [0.5, 0.6) is 0 Å². The van der Waals surface area contributed by atoms with Crippen molar-refractivity contribution >= 4 is 27.5 Å². The zero-order valence-corrected chi connectivity index (χ0v) is 12.4. The average Bonchev–Trinajstić information content (AvgIpc) is 2.27. The third-order valence-corrected chi connectivity index (χ3v) is 4.05. The van der Waals surface area contributed by atoms with Crippen molar-refractivity contribution in [3.63, 3.8) is 0 Å². The van der Waals surface area contributed by atoms with Crippen molar-refractivity contribution in [2.75, 3.05) is 5.73 Å². The van der Waals surface area contributed by atoms with E-state index in [1.165, 1.54) is 6.42 Å². The number of nitrogen functional groups attached to an aromatic ring is 1. The molecule has 1 fully saturated rings. The molecule has 1 amide bonds. The highest BCUT2D eigenvalue weighted by Gasteiger charge is 2.29. The summed E-state index contributed by atoms with van der Waals surface area (Å²) in [7, 11) is 0. The summed E-state index contributed by atoms with van der Waals surface area (Å²) in [6, 6.07) is 6.01. The number of nitrogens with two attached hydrogens (primary N) is 1. The Labute approximate surface area is 116 Å². The molecule has 2 unspecified atom stereocenters. The first-order chi connectivity index (χ1) is 8.49. The van der Waals surface area contributed by atoms with Crippen LogP contribution in [0, 0.1) is 0 Å². The smallest absolute Gasteiger partial charge is 0.254 e. The number of carbonyl (C=O) groups is 1. The second kappa shape index (κ2) is 5.31. The predicted octanol–water partition coefficient (Wildman–Crippen LogP) is 3.43. The topological polar surface area (TPSA) is 46.3 Å². The molecular formula is C14H19BrN2O. The maximum atomic E-state index is 12.6. The molecule has 3 nitrogen and oxygen atoms in total. The van der Waals surface area contributed by atoms with Gasteiger partial charge in [-0.05, 0) is 51.3 Å². The highest BCUT2D eigenvalue weighted by atomic mass is 79.9. The van der Waals surface area contributed by atoms with E-state index in [0.717, 1.165) is 17.3 Å². The summed E-state index contributed by atoms with van der Waals surface area (Å²) >= 11 is 3.38. The fraction of sp³-hybridized carbons (Fsp3) is 0.500. The molecule has 1 aliphatic rings. The second-order valence-electron chi connectivity index (χ2n) is 5.11. The van der Waals surface area contributed by atoms with Gasteiger partial charge in [0.05, 0.1) is 0 Å². The Morgan fingerprint density at radius 2 is 1.89 bits per heavy atom. The summed E-state index contributed by atoms with van der Waals surface area (Å²) < 4.78 is 0.850. The van der Waals surface area contributed by atoms with Gasteiger partial charge in [0.1, 0.15) is 0 Å². The van der Waals surface area contributed by atoms with Crippen molar-refractivity contribution in [3.8, 4) is 0 Å². The molecule has 2 N–H and O–H groups in total. The zero-order valence-electron chi connectivity index (χ0n) is 10.8. The Morgan fingerprint density at radius 1 is 1.28 bits per heavy atom. The lowest BCUT2D eigenvalue weighted by Crippen LogP contribution is -2.47. The van der Waals surface area contributed by atoms with Crippen LogP contribution in [0.25, 0.3) is 0 Å². The van der Waals surface area contributed by atoms with E-state index in [4.69, 9.17) is 5.73 Å². The van der Waals surface area contributed by atoms with E-state index in [-0.39, 0.29) is 5.91 Å². The van der Waals surface area contributed by atoms with Crippen molar-refractivity contribution in [1.82, 2.24) is 4.90 Å². The number of halogens is 1. The molecule has 0 bridgehead atoms. The Hall–Kier alpha value is -1.03. The summed E-state index contributed by atoms with van der Waals surface area (Å²) in [5.74, 6) is 0.0858. The van der Waals surface area contributed by atoms with Crippen LogP contribution in [-0.2, 0) is 0 Å². The molecule has 0 aliphatic carbocycles. The van der Waals surface area contributed by atoms with Crippen molar-refractivity contribution in [2.24, 2.45) is 0 Å². The number of rotatable bonds is 1. The van der Waals surface area contributed by atoms with E-state index in [2.05, 4.69) is 29.8 Å². The van der Waals surface area contributed by atoms with Gasteiger partial charge in [-0.1, -0.05) is 15.9 Å². The maximum Gasteiger partial charge on any atom is 0.254 e. The maximum absolute atomic E-state index is 12.6. The van der Waals surface area contributed by atoms with Crippen LogP contribution in [0.4, 0.5) is 5.69 Å². The molecule has 1 heterocycles. The second-order valence-corrected chi connectivity index (χ2v) is 6.03. The minimum absolute atomic E-state index is 0.0858. The van der Waals surface area contributed by atoms with Crippen LogP contribution in [0.3, 0.4) is 0 Å². The molecule has 1 aromatic carbocycles. The van der Waals surface area contributed by atoms with Crippen LogP contribution in [0.1, 0.15) is 43.5 Å². The lowest BCUT2D eigenvalue weighted by atomic mass is 9.96. The molecule has 0 saturated carbocycles. The van der Waals surface area contributed by atoms with Crippen molar-refractivity contribution in [1.29, 1.82) is 0 Å². The summed E-state index contributed by atoms with van der Waals surface area (Å²) in [5, 5.41) is 0. The molecular weight excluding hydrogens is 292 g/mol. The van der Waals surface area contributed by atoms with Crippen molar-refractivity contribution < 1.29 is 4.79 Å². The van der Waals surface area contributed by atoms with Crippen LogP contribution in [-0.4, -0.2) is 22.9 Å². The van der Waals surface area contributed by atoms with Gasteiger partial charge in [0, 0.05) is 27.8 Å². The monoisotopic (exact) mass is 310 g/mol. The Morgan fingerprint density at radius 3 is 2.44 bits per heavy atom. The number of anilines is 1. The average molecular weight is 311 g/mol.